The Morgan fingerprint density at radius 3 is 2.25 bits per heavy atom. The normalized spacial score (nSPS) is 11.9. The molecule has 0 saturated heterocycles. The van der Waals surface area contributed by atoms with Crippen LogP contribution in [-0.4, -0.2) is 11.1 Å². The topological polar surface area (TPSA) is 49.3 Å². The van der Waals surface area contributed by atoms with E-state index in [1.165, 1.54) is 5.56 Å². The molecule has 0 spiro atoms. The summed E-state index contributed by atoms with van der Waals surface area (Å²) in [6, 6.07) is 15.2. The quantitative estimate of drug-likeness (QED) is 0.832. The zero-order valence-corrected chi connectivity index (χ0v) is 12.7. The molecule has 2 N–H and O–H groups in total. The highest BCUT2D eigenvalue weighted by molar-refractivity contribution is 9.10. The summed E-state index contributed by atoms with van der Waals surface area (Å²) in [6.45, 7) is 2.12. The average Bonchev–Trinajstić information content (AvgIpc) is 2.46. The number of hydrogen-bond donors (Lipinski definition) is 2. The Bertz CT molecular complexity index is 578. The molecule has 3 nitrogen and oxygen atoms in total. The largest absolute Gasteiger partial charge is 0.478 e. The third kappa shape index (κ3) is 3.61. The minimum atomic E-state index is -0.906. The van der Waals surface area contributed by atoms with Crippen LogP contribution in [0, 0.1) is 0 Å². The Morgan fingerprint density at radius 2 is 1.75 bits per heavy atom. The van der Waals surface area contributed by atoms with Crippen LogP contribution in [0.15, 0.2) is 53.0 Å². The Morgan fingerprint density at radius 1 is 1.15 bits per heavy atom. The maximum absolute atomic E-state index is 10.8. The molecule has 1 unspecified atom stereocenters. The molecule has 1 atom stereocenters. The summed E-state index contributed by atoms with van der Waals surface area (Å²) >= 11 is 3.43. The van der Waals surface area contributed by atoms with Crippen LogP contribution in [0.2, 0.25) is 0 Å². The van der Waals surface area contributed by atoms with Crippen LogP contribution < -0.4 is 5.32 Å². The number of rotatable bonds is 5. The monoisotopic (exact) mass is 333 g/mol. The maximum Gasteiger partial charge on any atom is 0.335 e. The Labute approximate surface area is 126 Å². The molecule has 2 aromatic rings. The molecule has 0 aliphatic heterocycles. The van der Waals surface area contributed by atoms with Gasteiger partial charge < -0.3 is 10.4 Å². The van der Waals surface area contributed by atoms with Gasteiger partial charge in [-0.25, -0.2) is 4.79 Å². The standard InChI is InChI=1S/C16H16BrNO2/c1-2-15(11-3-7-13(17)8-4-11)18-14-9-5-12(6-10-14)16(19)20/h3-10,15,18H,2H2,1H3,(H,19,20). The predicted octanol–water partition coefficient (Wildman–Crippen LogP) is 4.71. The Hall–Kier alpha value is -1.81. The lowest BCUT2D eigenvalue weighted by Gasteiger charge is -2.19. The van der Waals surface area contributed by atoms with Gasteiger partial charge in [0, 0.05) is 10.2 Å². The van der Waals surface area contributed by atoms with Crippen molar-refractivity contribution in [3.05, 3.63) is 64.1 Å². The van der Waals surface area contributed by atoms with Crippen molar-refractivity contribution in [2.75, 3.05) is 5.32 Å². The van der Waals surface area contributed by atoms with Gasteiger partial charge in [-0.3, -0.25) is 0 Å². The van der Waals surface area contributed by atoms with Crippen LogP contribution in [-0.2, 0) is 0 Å². The van der Waals surface area contributed by atoms with Crippen LogP contribution in [0.3, 0.4) is 0 Å². The number of halogens is 1. The van der Waals surface area contributed by atoms with E-state index in [9.17, 15) is 4.79 Å². The third-order valence-corrected chi connectivity index (χ3v) is 3.68. The highest BCUT2D eigenvalue weighted by Crippen LogP contribution is 2.24. The van der Waals surface area contributed by atoms with Crippen molar-refractivity contribution in [1.82, 2.24) is 0 Å². The summed E-state index contributed by atoms with van der Waals surface area (Å²) in [7, 11) is 0. The van der Waals surface area contributed by atoms with E-state index in [-0.39, 0.29) is 6.04 Å². The molecule has 0 aliphatic rings. The lowest BCUT2D eigenvalue weighted by molar-refractivity contribution is 0.0697. The highest BCUT2D eigenvalue weighted by Gasteiger charge is 2.09. The van der Waals surface area contributed by atoms with Gasteiger partial charge in [0.2, 0.25) is 0 Å². The van der Waals surface area contributed by atoms with E-state index in [0.29, 0.717) is 5.56 Å². The van der Waals surface area contributed by atoms with Crippen LogP contribution in [0.4, 0.5) is 5.69 Å². The van der Waals surface area contributed by atoms with Gasteiger partial charge in [0.1, 0.15) is 0 Å². The smallest absolute Gasteiger partial charge is 0.335 e. The summed E-state index contributed by atoms with van der Waals surface area (Å²) in [5.74, 6) is -0.906. The molecule has 2 rings (SSSR count). The van der Waals surface area contributed by atoms with E-state index in [0.717, 1.165) is 16.6 Å². The average molecular weight is 334 g/mol. The van der Waals surface area contributed by atoms with Crippen LogP contribution in [0.25, 0.3) is 0 Å². The number of carbonyl (C=O) groups is 1. The number of anilines is 1. The lowest BCUT2D eigenvalue weighted by Crippen LogP contribution is -2.09. The zero-order valence-electron chi connectivity index (χ0n) is 11.1. The number of carboxylic acid groups (broad SMARTS) is 1. The van der Waals surface area contributed by atoms with Crippen LogP contribution in [0.5, 0.6) is 0 Å². The summed E-state index contributed by atoms with van der Waals surface area (Å²) in [5.41, 5.74) is 2.43. The number of nitrogens with one attached hydrogen (secondary N) is 1. The second-order valence-corrected chi connectivity index (χ2v) is 5.45. The highest BCUT2D eigenvalue weighted by atomic mass is 79.9. The van der Waals surface area contributed by atoms with Crippen LogP contribution in [0.1, 0.15) is 35.3 Å². The lowest BCUT2D eigenvalue weighted by atomic mass is 10.0. The van der Waals surface area contributed by atoms with E-state index < -0.39 is 5.97 Å². The van der Waals surface area contributed by atoms with Crippen molar-refractivity contribution < 1.29 is 9.90 Å². The molecular weight excluding hydrogens is 318 g/mol. The first-order valence-corrected chi connectivity index (χ1v) is 7.25. The van der Waals surface area contributed by atoms with Crippen molar-refractivity contribution in [3.8, 4) is 0 Å². The summed E-state index contributed by atoms with van der Waals surface area (Å²) in [4.78, 5) is 10.8. The number of carboxylic acids is 1. The summed E-state index contributed by atoms with van der Waals surface area (Å²) < 4.78 is 1.06. The van der Waals surface area contributed by atoms with E-state index >= 15 is 0 Å². The summed E-state index contributed by atoms with van der Waals surface area (Å²) in [6.07, 6.45) is 0.947. The molecule has 0 heterocycles. The SMILES string of the molecule is CCC(Nc1ccc(C(=O)O)cc1)c1ccc(Br)cc1. The van der Waals surface area contributed by atoms with Gasteiger partial charge in [0.05, 0.1) is 11.6 Å². The molecule has 0 aliphatic carbocycles. The van der Waals surface area contributed by atoms with Crippen molar-refractivity contribution in [2.45, 2.75) is 19.4 Å². The second kappa shape index (κ2) is 6.57. The van der Waals surface area contributed by atoms with E-state index in [4.69, 9.17) is 5.11 Å². The first-order valence-electron chi connectivity index (χ1n) is 6.45. The molecule has 104 valence electrons. The molecule has 20 heavy (non-hydrogen) atoms. The van der Waals surface area contributed by atoms with Crippen molar-refractivity contribution in [3.63, 3.8) is 0 Å². The molecule has 2 aromatic carbocycles. The maximum atomic E-state index is 10.8. The summed E-state index contributed by atoms with van der Waals surface area (Å²) in [5, 5.41) is 12.3. The first kappa shape index (κ1) is 14.6. The van der Waals surface area contributed by atoms with Gasteiger partial charge >= 0.3 is 5.97 Å². The number of hydrogen-bond acceptors (Lipinski definition) is 2. The predicted molar refractivity (Wildman–Crippen MR) is 84.2 cm³/mol. The Kier molecular flexibility index (Phi) is 4.79. The molecular formula is C16H16BrNO2. The molecule has 0 radical (unpaired) electrons. The Balaban J connectivity index is 2.13. The van der Waals surface area contributed by atoms with Gasteiger partial charge in [-0.2, -0.15) is 0 Å². The minimum Gasteiger partial charge on any atom is -0.478 e. The second-order valence-electron chi connectivity index (χ2n) is 4.54. The molecule has 0 fully saturated rings. The molecule has 0 bridgehead atoms. The van der Waals surface area contributed by atoms with Crippen molar-refractivity contribution in [2.24, 2.45) is 0 Å². The zero-order chi connectivity index (χ0) is 14.5. The third-order valence-electron chi connectivity index (χ3n) is 3.15. The number of benzene rings is 2. The molecule has 0 aromatic heterocycles. The van der Waals surface area contributed by atoms with E-state index in [1.807, 2.05) is 12.1 Å². The molecule has 4 heteroatoms. The van der Waals surface area contributed by atoms with Crippen molar-refractivity contribution in [1.29, 1.82) is 0 Å². The minimum absolute atomic E-state index is 0.207. The van der Waals surface area contributed by atoms with Crippen LogP contribution >= 0.6 is 15.9 Å². The van der Waals surface area contributed by atoms with Gasteiger partial charge in [-0.05, 0) is 48.4 Å². The van der Waals surface area contributed by atoms with Gasteiger partial charge in [-0.1, -0.05) is 35.0 Å². The first-order chi connectivity index (χ1) is 9.60. The van der Waals surface area contributed by atoms with Crippen molar-refractivity contribution >= 4 is 27.6 Å². The van der Waals surface area contributed by atoms with Gasteiger partial charge in [-0.15, -0.1) is 0 Å². The molecule has 0 amide bonds. The van der Waals surface area contributed by atoms with Gasteiger partial charge in [0.15, 0.2) is 0 Å². The van der Waals surface area contributed by atoms with Gasteiger partial charge in [0.25, 0.3) is 0 Å². The van der Waals surface area contributed by atoms with E-state index in [1.54, 1.807) is 24.3 Å². The number of aromatic carboxylic acids is 1. The fourth-order valence-electron chi connectivity index (χ4n) is 2.03. The van der Waals surface area contributed by atoms with E-state index in [2.05, 4.69) is 40.3 Å². The molecule has 0 saturated carbocycles. The fraction of sp³-hybridized carbons (Fsp3) is 0.188. The fourth-order valence-corrected chi connectivity index (χ4v) is 2.29.